The number of carbonyl (C=O) groups excluding carboxylic acids is 1. The fourth-order valence-corrected chi connectivity index (χ4v) is 2.77. The third kappa shape index (κ3) is 4.70. The zero-order chi connectivity index (χ0) is 19.4. The van der Waals surface area contributed by atoms with Crippen LogP contribution in [0.2, 0.25) is 5.02 Å². The zero-order valence-electron chi connectivity index (χ0n) is 15.0. The number of aliphatic hydroxyl groups excluding tert-OH is 1. The number of ether oxygens (including phenoxy) is 1. The van der Waals surface area contributed by atoms with Crippen molar-refractivity contribution in [3.05, 3.63) is 70.9 Å². The SMILES string of the molecule is CC(C)Oc1ccc(C(=O)Nc2ccc(Cl)c(-c3ccc(CO)o3)c2)cc1. The Balaban J connectivity index is 1.77. The van der Waals surface area contributed by atoms with Crippen LogP contribution in [0.1, 0.15) is 30.0 Å². The van der Waals surface area contributed by atoms with E-state index < -0.39 is 0 Å². The van der Waals surface area contributed by atoms with Gasteiger partial charge >= 0.3 is 0 Å². The monoisotopic (exact) mass is 385 g/mol. The molecule has 1 heterocycles. The molecule has 1 aromatic heterocycles. The number of nitrogens with one attached hydrogen (secondary N) is 1. The molecule has 140 valence electrons. The van der Waals surface area contributed by atoms with Crippen molar-refractivity contribution in [1.82, 2.24) is 0 Å². The van der Waals surface area contributed by atoms with Crippen LogP contribution in [0.3, 0.4) is 0 Å². The van der Waals surface area contributed by atoms with Gasteiger partial charge in [0.1, 0.15) is 23.9 Å². The lowest BCUT2D eigenvalue weighted by Crippen LogP contribution is -2.12. The van der Waals surface area contributed by atoms with Crippen LogP contribution in [0.5, 0.6) is 5.75 Å². The summed E-state index contributed by atoms with van der Waals surface area (Å²) in [6.45, 7) is 3.70. The normalized spacial score (nSPS) is 10.9. The van der Waals surface area contributed by atoms with Crippen molar-refractivity contribution in [2.45, 2.75) is 26.6 Å². The van der Waals surface area contributed by atoms with Gasteiger partial charge in [0.15, 0.2) is 0 Å². The highest BCUT2D eigenvalue weighted by Crippen LogP contribution is 2.32. The van der Waals surface area contributed by atoms with E-state index in [0.717, 1.165) is 0 Å². The molecule has 3 rings (SSSR count). The van der Waals surface area contributed by atoms with Gasteiger partial charge < -0.3 is 19.6 Å². The quantitative estimate of drug-likeness (QED) is 0.616. The molecule has 2 N–H and O–H groups in total. The topological polar surface area (TPSA) is 71.7 Å². The van der Waals surface area contributed by atoms with Crippen LogP contribution in [0, 0.1) is 0 Å². The van der Waals surface area contributed by atoms with E-state index in [1.807, 2.05) is 13.8 Å². The highest BCUT2D eigenvalue weighted by Gasteiger charge is 2.12. The first-order valence-corrected chi connectivity index (χ1v) is 8.91. The largest absolute Gasteiger partial charge is 0.491 e. The van der Waals surface area contributed by atoms with Gasteiger partial charge in [0.2, 0.25) is 0 Å². The van der Waals surface area contributed by atoms with Crippen LogP contribution in [0.4, 0.5) is 5.69 Å². The maximum absolute atomic E-state index is 12.5. The van der Waals surface area contributed by atoms with Crippen LogP contribution in [-0.4, -0.2) is 17.1 Å². The highest BCUT2D eigenvalue weighted by molar-refractivity contribution is 6.33. The van der Waals surface area contributed by atoms with Gasteiger partial charge in [-0.15, -0.1) is 0 Å². The highest BCUT2D eigenvalue weighted by atomic mass is 35.5. The lowest BCUT2D eigenvalue weighted by atomic mass is 10.1. The molecule has 27 heavy (non-hydrogen) atoms. The Hall–Kier alpha value is -2.76. The van der Waals surface area contributed by atoms with Crippen LogP contribution in [-0.2, 0) is 6.61 Å². The van der Waals surface area contributed by atoms with Crippen LogP contribution in [0.15, 0.2) is 59.0 Å². The summed E-state index contributed by atoms with van der Waals surface area (Å²) < 4.78 is 11.1. The van der Waals surface area contributed by atoms with Crippen LogP contribution >= 0.6 is 11.6 Å². The molecule has 6 heteroatoms. The third-order valence-corrected chi connectivity index (χ3v) is 4.13. The molecular formula is C21H20ClNO4. The Bertz CT molecular complexity index is 932. The number of furan rings is 1. The Kier molecular flexibility index (Phi) is 5.84. The van der Waals surface area contributed by atoms with Crippen LogP contribution < -0.4 is 10.1 Å². The molecule has 0 unspecified atom stereocenters. The number of rotatable bonds is 6. The minimum absolute atomic E-state index is 0.0742. The van der Waals surface area contributed by atoms with Gasteiger partial charge in [-0.05, 0) is 68.4 Å². The Morgan fingerprint density at radius 2 is 1.89 bits per heavy atom. The summed E-state index contributed by atoms with van der Waals surface area (Å²) in [7, 11) is 0. The van der Waals surface area contributed by atoms with Gasteiger partial charge in [-0.2, -0.15) is 0 Å². The summed E-state index contributed by atoms with van der Waals surface area (Å²) >= 11 is 6.25. The summed E-state index contributed by atoms with van der Waals surface area (Å²) in [5, 5.41) is 12.5. The van der Waals surface area contributed by atoms with E-state index in [1.54, 1.807) is 54.6 Å². The molecule has 2 aromatic carbocycles. The smallest absolute Gasteiger partial charge is 0.255 e. The molecule has 1 amide bonds. The maximum atomic E-state index is 12.5. The van der Waals surface area contributed by atoms with Crippen molar-refractivity contribution in [1.29, 1.82) is 0 Å². The van der Waals surface area contributed by atoms with Gasteiger partial charge in [-0.25, -0.2) is 0 Å². The molecule has 0 bridgehead atoms. The lowest BCUT2D eigenvalue weighted by molar-refractivity contribution is 0.102. The number of carbonyl (C=O) groups is 1. The summed E-state index contributed by atoms with van der Waals surface area (Å²) in [4.78, 5) is 12.5. The van der Waals surface area contributed by atoms with Gasteiger partial charge in [-0.3, -0.25) is 4.79 Å². The van der Waals surface area contributed by atoms with E-state index in [-0.39, 0.29) is 18.6 Å². The minimum Gasteiger partial charge on any atom is -0.491 e. The number of halogens is 1. The average Bonchev–Trinajstić information content (AvgIpc) is 3.12. The minimum atomic E-state index is -0.241. The molecule has 0 aliphatic carbocycles. The summed E-state index contributed by atoms with van der Waals surface area (Å²) in [5.41, 5.74) is 1.74. The molecule has 0 saturated carbocycles. The number of anilines is 1. The van der Waals surface area contributed by atoms with Crippen molar-refractivity contribution >= 4 is 23.2 Å². The molecule has 5 nitrogen and oxygen atoms in total. The molecule has 0 aliphatic heterocycles. The first kappa shape index (κ1) is 19.0. The second-order valence-corrected chi connectivity index (χ2v) is 6.67. The molecule has 0 fully saturated rings. The first-order chi connectivity index (χ1) is 13.0. The van der Waals surface area contributed by atoms with E-state index in [2.05, 4.69) is 5.32 Å². The predicted octanol–water partition coefficient (Wildman–Crippen LogP) is 5.13. The van der Waals surface area contributed by atoms with Crippen molar-refractivity contribution in [2.75, 3.05) is 5.32 Å². The predicted molar refractivity (Wildman–Crippen MR) is 105 cm³/mol. The number of aliphatic hydroxyl groups is 1. The van der Waals surface area contributed by atoms with Crippen LogP contribution in [0.25, 0.3) is 11.3 Å². The molecule has 0 aliphatic rings. The third-order valence-electron chi connectivity index (χ3n) is 3.80. The zero-order valence-corrected chi connectivity index (χ0v) is 15.8. The number of benzene rings is 2. The van der Waals surface area contributed by atoms with Crippen molar-refractivity contribution in [2.24, 2.45) is 0 Å². The molecule has 0 atom stereocenters. The number of hydrogen-bond donors (Lipinski definition) is 2. The fraction of sp³-hybridized carbons (Fsp3) is 0.190. The van der Waals surface area contributed by atoms with Crippen molar-refractivity contribution in [3.8, 4) is 17.1 Å². The maximum Gasteiger partial charge on any atom is 0.255 e. The molecule has 0 spiro atoms. The number of hydrogen-bond acceptors (Lipinski definition) is 4. The lowest BCUT2D eigenvalue weighted by Gasteiger charge is -2.11. The van der Waals surface area contributed by atoms with Crippen molar-refractivity contribution in [3.63, 3.8) is 0 Å². The van der Waals surface area contributed by atoms with E-state index in [9.17, 15) is 4.79 Å². The average molecular weight is 386 g/mol. The van der Waals surface area contributed by atoms with E-state index in [1.165, 1.54) is 0 Å². The molecule has 0 saturated heterocycles. The fourth-order valence-electron chi connectivity index (χ4n) is 2.56. The Morgan fingerprint density at radius 3 is 2.52 bits per heavy atom. The Labute approximate surface area is 162 Å². The standard InChI is InChI=1S/C21H20ClNO4/c1-13(2)26-16-6-3-14(4-7-16)21(25)23-15-5-9-19(22)18(11-15)20-10-8-17(12-24)27-20/h3-11,13,24H,12H2,1-2H3,(H,23,25). The summed E-state index contributed by atoms with van der Waals surface area (Å²) in [6, 6.07) is 15.5. The van der Waals surface area contributed by atoms with Gasteiger partial charge in [0.25, 0.3) is 5.91 Å². The number of amides is 1. The molecular weight excluding hydrogens is 366 g/mol. The van der Waals surface area contributed by atoms with E-state index in [0.29, 0.717) is 39.1 Å². The van der Waals surface area contributed by atoms with Gasteiger partial charge in [-0.1, -0.05) is 11.6 Å². The second-order valence-electron chi connectivity index (χ2n) is 6.26. The summed E-state index contributed by atoms with van der Waals surface area (Å²) in [5.74, 6) is 1.44. The van der Waals surface area contributed by atoms with E-state index in [4.69, 9.17) is 25.9 Å². The summed E-state index contributed by atoms with van der Waals surface area (Å²) in [6.07, 6.45) is 0.0742. The van der Waals surface area contributed by atoms with Gasteiger partial charge in [0.05, 0.1) is 11.1 Å². The molecule has 0 radical (unpaired) electrons. The molecule has 3 aromatic rings. The first-order valence-electron chi connectivity index (χ1n) is 8.54. The van der Waals surface area contributed by atoms with Crippen molar-refractivity contribution < 1.29 is 19.1 Å². The van der Waals surface area contributed by atoms with E-state index >= 15 is 0 Å². The van der Waals surface area contributed by atoms with Gasteiger partial charge in [0, 0.05) is 16.8 Å². The second kappa shape index (κ2) is 8.29. The Morgan fingerprint density at radius 1 is 1.15 bits per heavy atom.